The molecule has 1 aliphatic rings. The smallest absolute Gasteiger partial charge is 0.266 e. The Hall–Kier alpha value is -3.18. The van der Waals surface area contributed by atoms with Crippen LogP contribution in [-0.4, -0.2) is 23.5 Å². The van der Waals surface area contributed by atoms with E-state index < -0.39 is 0 Å². The molecule has 0 bridgehead atoms. The quantitative estimate of drug-likeness (QED) is 0.332. The van der Waals surface area contributed by atoms with E-state index in [2.05, 4.69) is 4.99 Å². The molecule has 0 unspecified atom stereocenters. The number of carbonyl (C=O) groups is 2. The van der Waals surface area contributed by atoms with Crippen molar-refractivity contribution in [1.29, 1.82) is 0 Å². The standard InChI is InChI=1S/C20H14ClN3O2/c21-11-18(22)23-14-6-8-16-17(10-14)20(26)24(19(16)25)15-7-5-12-3-1-2-4-13(12)9-15/h1-10H,11H2,(H2,22,23). The highest BCUT2D eigenvalue weighted by molar-refractivity contribution is 6.35. The summed E-state index contributed by atoms with van der Waals surface area (Å²) in [5, 5.41) is 2.00. The Labute approximate surface area is 154 Å². The van der Waals surface area contributed by atoms with Gasteiger partial charge in [0.05, 0.1) is 28.4 Å². The summed E-state index contributed by atoms with van der Waals surface area (Å²) in [5.41, 5.74) is 7.34. The van der Waals surface area contributed by atoms with Crippen LogP contribution in [0.15, 0.2) is 65.7 Å². The van der Waals surface area contributed by atoms with Crippen LogP contribution in [0.4, 0.5) is 11.4 Å². The van der Waals surface area contributed by atoms with Crippen LogP contribution in [0, 0.1) is 0 Å². The third-order valence-corrected chi connectivity index (χ3v) is 4.54. The van der Waals surface area contributed by atoms with Crippen LogP contribution in [0.2, 0.25) is 0 Å². The summed E-state index contributed by atoms with van der Waals surface area (Å²) >= 11 is 5.64. The highest BCUT2D eigenvalue weighted by Crippen LogP contribution is 2.32. The van der Waals surface area contributed by atoms with Crippen molar-refractivity contribution >= 4 is 51.4 Å². The van der Waals surface area contributed by atoms with Gasteiger partial charge in [-0.05, 0) is 41.1 Å². The van der Waals surface area contributed by atoms with E-state index in [1.54, 1.807) is 24.3 Å². The molecule has 2 N–H and O–H groups in total. The Morgan fingerprint density at radius 1 is 0.923 bits per heavy atom. The van der Waals surface area contributed by atoms with Crippen LogP contribution in [0.5, 0.6) is 0 Å². The number of hydrogen-bond donors (Lipinski definition) is 1. The molecule has 0 atom stereocenters. The molecular weight excluding hydrogens is 350 g/mol. The van der Waals surface area contributed by atoms with Crippen LogP contribution in [-0.2, 0) is 0 Å². The molecule has 0 spiro atoms. The Kier molecular flexibility index (Phi) is 3.93. The molecule has 5 nitrogen and oxygen atoms in total. The predicted octanol–water partition coefficient (Wildman–Crippen LogP) is 3.87. The number of amides is 2. The molecule has 4 rings (SSSR count). The average molecular weight is 364 g/mol. The second-order valence-corrected chi connectivity index (χ2v) is 6.21. The summed E-state index contributed by atoms with van der Waals surface area (Å²) in [4.78, 5) is 30.9. The molecule has 0 radical (unpaired) electrons. The summed E-state index contributed by atoms with van der Waals surface area (Å²) in [7, 11) is 0. The molecule has 2 amide bonds. The van der Waals surface area contributed by atoms with Gasteiger partial charge in [0, 0.05) is 0 Å². The molecule has 1 heterocycles. The molecule has 0 saturated heterocycles. The minimum atomic E-state index is -0.373. The highest BCUT2D eigenvalue weighted by atomic mass is 35.5. The van der Waals surface area contributed by atoms with E-state index in [1.807, 2.05) is 36.4 Å². The zero-order valence-electron chi connectivity index (χ0n) is 13.6. The van der Waals surface area contributed by atoms with Crippen LogP contribution < -0.4 is 10.6 Å². The minimum Gasteiger partial charge on any atom is -0.386 e. The fourth-order valence-corrected chi connectivity index (χ4v) is 3.10. The number of halogens is 1. The molecule has 3 aromatic rings. The second-order valence-electron chi connectivity index (χ2n) is 5.94. The summed E-state index contributed by atoms with van der Waals surface area (Å²) in [6.07, 6.45) is 0. The predicted molar refractivity (Wildman–Crippen MR) is 104 cm³/mol. The number of anilines is 1. The van der Waals surface area contributed by atoms with E-state index in [0.29, 0.717) is 22.5 Å². The lowest BCUT2D eigenvalue weighted by Crippen LogP contribution is -2.29. The summed E-state index contributed by atoms with van der Waals surface area (Å²) < 4.78 is 0. The van der Waals surface area contributed by atoms with Gasteiger partial charge < -0.3 is 5.73 Å². The van der Waals surface area contributed by atoms with Gasteiger partial charge in [0.2, 0.25) is 0 Å². The molecule has 128 valence electrons. The second kappa shape index (κ2) is 6.28. The molecular formula is C20H14ClN3O2. The van der Waals surface area contributed by atoms with Crippen LogP contribution >= 0.6 is 11.6 Å². The lowest BCUT2D eigenvalue weighted by molar-refractivity contribution is 0.0926. The molecule has 26 heavy (non-hydrogen) atoms. The van der Waals surface area contributed by atoms with E-state index >= 15 is 0 Å². The number of benzene rings is 3. The average Bonchev–Trinajstić information content (AvgIpc) is 2.91. The van der Waals surface area contributed by atoms with Crippen molar-refractivity contribution in [2.24, 2.45) is 10.7 Å². The minimum absolute atomic E-state index is 0.0905. The Balaban J connectivity index is 1.76. The van der Waals surface area contributed by atoms with Crippen molar-refractivity contribution in [3.63, 3.8) is 0 Å². The van der Waals surface area contributed by atoms with Gasteiger partial charge in [0.15, 0.2) is 0 Å². The molecule has 3 aromatic carbocycles. The number of amidine groups is 1. The number of carbonyl (C=O) groups excluding carboxylic acids is 2. The normalized spacial score (nSPS) is 14.2. The van der Waals surface area contributed by atoms with Crippen molar-refractivity contribution in [3.8, 4) is 0 Å². The fraction of sp³-hybridized carbons (Fsp3) is 0.0500. The van der Waals surface area contributed by atoms with Gasteiger partial charge in [0.1, 0.15) is 5.84 Å². The number of nitrogens with zero attached hydrogens (tertiary/aromatic N) is 2. The number of rotatable bonds is 3. The van der Waals surface area contributed by atoms with Crippen molar-refractivity contribution in [1.82, 2.24) is 0 Å². The summed E-state index contributed by atoms with van der Waals surface area (Å²) in [6.45, 7) is 0. The Morgan fingerprint density at radius 3 is 2.42 bits per heavy atom. The summed E-state index contributed by atoms with van der Waals surface area (Å²) in [5.74, 6) is -0.384. The molecule has 0 aromatic heterocycles. The fourth-order valence-electron chi connectivity index (χ4n) is 3.04. The van der Waals surface area contributed by atoms with Crippen LogP contribution in [0.1, 0.15) is 20.7 Å². The Morgan fingerprint density at radius 2 is 1.65 bits per heavy atom. The van der Waals surface area contributed by atoms with Crippen molar-refractivity contribution < 1.29 is 9.59 Å². The summed E-state index contributed by atoms with van der Waals surface area (Å²) in [6, 6.07) is 18.1. The van der Waals surface area contributed by atoms with Gasteiger partial charge in [-0.25, -0.2) is 9.89 Å². The number of hydrogen-bond acceptors (Lipinski definition) is 3. The maximum Gasteiger partial charge on any atom is 0.266 e. The third kappa shape index (κ3) is 2.62. The number of imide groups is 1. The van der Waals surface area contributed by atoms with Crippen LogP contribution in [0.3, 0.4) is 0 Å². The number of alkyl halides is 1. The molecule has 1 aliphatic heterocycles. The highest BCUT2D eigenvalue weighted by Gasteiger charge is 2.36. The van der Waals surface area contributed by atoms with Gasteiger partial charge in [-0.2, -0.15) is 0 Å². The van der Waals surface area contributed by atoms with Gasteiger partial charge in [-0.15, -0.1) is 11.6 Å². The van der Waals surface area contributed by atoms with Gasteiger partial charge in [-0.1, -0.05) is 30.3 Å². The largest absolute Gasteiger partial charge is 0.386 e. The monoisotopic (exact) mass is 363 g/mol. The van der Waals surface area contributed by atoms with E-state index in [9.17, 15) is 9.59 Å². The van der Waals surface area contributed by atoms with E-state index in [1.165, 1.54) is 4.90 Å². The van der Waals surface area contributed by atoms with Crippen molar-refractivity contribution in [2.45, 2.75) is 0 Å². The topological polar surface area (TPSA) is 75.8 Å². The number of nitrogens with two attached hydrogens (primary N) is 1. The van der Waals surface area contributed by atoms with Gasteiger partial charge in [0.25, 0.3) is 11.8 Å². The molecule has 0 fully saturated rings. The van der Waals surface area contributed by atoms with Gasteiger partial charge in [-0.3, -0.25) is 9.59 Å². The lowest BCUT2D eigenvalue weighted by Gasteiger charge is -2.14. The first kappa shape index (κ1) is 16.3. The van der Waals surface area contributed by atoms with Gasteiger partial charge >= 0.3 is 0 Å². The third-order valence-electron chi connectivity index (χ3n) is 4.27. The molecule has 6 heteroatoms. The zero-order chi connectivity index (χ0) is 18.3. The van der Waals surface area contributed by atoms with E-state index in [-0.39, 0.29) is 23.5 Å². The van der Waals surface area contributed by atoms with Crippen LogP contribution in [0.25, 0.3) is 10.8 Å². The lowest BCUT2D eigenvalue weighted by atomic mass is 10.1. The first-order valence-corrected chi connectivity index (χ1v) is 8.52. The van der Waals surface area contributed by atoms with E-state index in [0.717, 1.165) is 10.8 Å². The SMILES string of the molecule is NC(CCl)=Nc1ccc2c(c1)C(=O)N(c1ccc3ccccc3c1)C2=O. The number of aliphatic imine (C=N–C) groups is 1. The first-order chi connectivity index (χ1) is 12.6. The molecule has 0 aliphatic carbocycles. The zero-order valence-corrected chi connectivity index (χ0v) is 14.4. The van der Waals surface area contributed by atoms with Crippen molar-refractivity contribution in [3.05, 3.63) is 71.8 Å². The maximum absolute atomic E-state index is 12.9. The molecule has 0 saturated carbocycles. The Bertz CT molecular complexity index is 1090. The maximum atomic E-state index is 12.9. The van der Waals surface area contributed by atoms with Crippen molar-refractivity contribution in [2.75, 3.05) is 10.8 Å². The first-order valence-electron chi connectivity index (χ1n) is 7.99. The van der Waals surface area contributed by atoms with E-state index in [4.69, 9.17) is 17.3 Å². The number of fused-ring (bicyclic) bond motifs is 2.